The third-order valence-electron chi connectivity index (χ3n) is 4.80. The Morgan fingerprint density at radius 2 is 1.76 bits per heavy atom. The van der Waals surface area contributed by atoms with Gasteiger partial charge in [-0.15, -0.1) is 0 Å². The molecule has 1 aromatic carbocycles. The van der Waals surface area contributed by atoms with Crippen molar-refractivity contribution in [2.45, 2.75) is 72.6 Å². The van der Waals surface area contributed by atoms with Crippen molar-refractivity contribution in [3.8, 4) is 0 Å². The summed E-state index contributed by atoms with van der Waals surface area (Å²) in [6.45, 7) is 16.2. The molecule has 0 unspecified atom stereocenters. The number of nitrogens with zero attached hydrogens (tertiary/aromatic N) is 1. The predicted molar refractivity (Wildman–Crippen MR) is 105 cm³/mol. The van der Waals surface area contributed by atoms with E-state index in [1.54, 1.807) is 0 Å². The molecule has 0 saturated carbocycles. The molecule has 5 nitrogen and oxygen atoms in total. The number of aromatic amines is 1. The molecule has 1 aromatic heterocycles. The second-order valence-electron chi connectivity index (χ2n) is 7.23. The lowest BCUT2D eigenvalue weighted by Crippen LogP contribution is -2.41. The Morgan fingerprint density at radius 1 is 1.12 bits per heavy atom. The van der Waals surface area contributed by atoms with Crippen LogP contribution in [0.1, 0.15) is 60.7 Å². The summed E-state index contributed by atoms with van der Waals surface area (Å²) in [5.74, 6) is 0.958. The Bertz CT molecular complexity index is 681. The maximum atomic E-state index is 6.12. The number of nitrogens with one attached hydrogen (secondary N) is 2. The van der Waals surface area contributed by atoms with Crippen LogP contribution in [0, 0.1) is 0 Å². The van der Waals surface area contributed by atoms with E-state index in [1.807, 2.05) is 26.0 Å². The first-order chi connectivity index (χ1) is 11.8. The third-order valence-corrected chi connectivity index (χ3v) is 4.80. The van der Waals surface area contributed by atoms with E-state index in [1.165, 1.54) is 0 Å². The van der Waals surface area contributed by atoms with Crippen molar-refractivity contribution in [1.82, 2.24) is 15.3 Å². The van der Waals surface area contributed by atoms with Gasteiger partial charge in [0.05, 0.1) is 28.8 Å². The van der Waals surface area contributed by atoms with Crippen LogP contribution in [0.5, 0.6) is 0 Å². The van der Waals surface area contributed by atoms with Crippen molar-refractivity contribution in [2.75, 3.05) is 6.54 Å². The highest BCUT2D eigenvalue weighted by atomic mass is 16.7. The number of hydrogen-bond acceptors (Lipinski definition) is 4. The molecule has 0 bridgehead atoms. The highest BCUT2D eigenvalue weighted by molar-refractivity contribution is 6.62. The lowest BCUT2D eigenvalue weighted by molar-refractivity contribution is 0.00578. The topological polar surface area (TPSA) is 59.2 Å². The summed E-state index contributed by atoms with van der Waals surface area (Å²) in [6.07, 6.45) is 1.12. The minimum absolute atomic E-state index is 0.324. The zero-order chi connectivity index (χ0) is 18.7. The Labute approximate surface area is 152 Å². The third kappa shape index (κ3) is 4.25. The molecule has 1 saturated heterocycles. The molecule has 0 amide bonds. The van der Waals surface area contributed by atoms with Gasteiger partial charge in [-0.3, -0.25) is 0 Å². The Hall–Kier alpha value is -1.37. The molecule has 1 fully saturated rings. The molecular weight excluding hydrogens is 313 g/mol. The van der Waals surface area contributed by atoms with Gasteiger partial charge in [0.15, 0.2) is 0 Å². The molecule has 6 heteroatoms. The lowest BCUT2D eigenvalue weighted by atomic mass is 9.79. The average Bonchev–Trinajstić information content (AvgIpc) is 3.06. The second-order valence-corrected chi connectivity index (χ2v) is 7.23. The van der Waals surface area contributed by atoms with Crippen molar-refractivity contribution >= 4 is 23.6 Å². The van der Waals surface area contributed by atoms with Crippen molar-refractivity contribution < 1.29 is 9.31 Å². The van der Waals surface area contributed by atoms with Gasteiger partial charge in [-0.2, -0.15) is 0 Å². The van der Waals surface area contributed by atoms with Gasteiger partial charge in [-0.05, 0) is 58.3 Å². The van der Waals surface area contributed by atoms with Crippen molar-refractivity contribution in [2.24, 2.45) is 0 Å². The number of benzene rings is 1. The maximum Gasteiger partial charge on any atom is 0.494 e. The van der Waals surface area contributed by atoms with Crippen LogP contribution in [0.25, 0.3) is 11.0 Å². The summed E-state index contributed by atoms with van der Waals surface area (Å²) in [4.78, 5) is 7.98. The Morgan fingerprint density at radius 3 is 2.36 bits per heavy atom. The molecular formula is C19H32BN3O2. The Kier molecular flexibility index (Phi) is 6.30. The summed E-state index contributed by atoms with van der Waals surface area (Å²) in [6, 6.07) is 6.14. The van der Waals surface area contributed by atoms with Gasteiger partial charge in [-0.1, -0.05) is 26.8 Å². The summed E-state index contributed by atoms with van der Waals surface area (Å²) < 4.78 is 12.2. The number of rotatable bonds is 5. The fourth-order valence-corrected chi connectivity index (χ4v) is 2.67. The molecule has 0 radical (unpaired) electrons. The summed E-state index contributed by atoms with van der Waals surface area (Å²) in [5.41, 5.74) is 2.36. The van der Waals surface area contributed by atoms with E-state index in [-0.39, 0.29) is 18.3 Å². The number of hydrogen-bond donors (Lipinski definition) is 2. The molecule has 3 rings (SSSR count). The molecule has 0 spiro atoms. The van der Waals surface area contributed by atoms with E-state index in [4.69, 9.17) is 9.31 Å². The van der Waals surface area contributed by atoms with Gasteiger partial charge in [0.1, 0.15) is 5.82 Å². The van der Waals surface area contributed by atoms with Crippen LogP contribution in [0.2, 0.25) is 0 Å². The van der Waals surface area contributed by atoms with Crippen LogP contribution < -0.4 is 10.8 Å². The number of H-pyrrole nitrogens is 1. The van der Waals surface area contributed by atoms with E-state index in [0.717, 1.165) is 41.8 Å². The highest BCUT2D eigenvalue weighted by Crippen LogP contribution is 2.36. The molecule has 1 aliphatic rings. The predicted octanol–water partition coefficient (Wildman–Crippen LogP) is 3.39. The van der Waals surface area contributed by atoms with Crippen LogP contribution in [-0.4, -0.2) is 34.8 Å². The second kappa shape index (κ2) is 7.89. The van der Waals surface area contributed by atoms with E-state index in [9.17, 15) is 0 Å². The summed E-state index contributed by atoms with van der Waals surface area (Å²) in [7, 11) is -0.339. The maximum absolute atomic E-state index is 6.12. The minimum Gasteiger partial charge on any atom is -0.399 e. The fourth-order valence-electron chi connectivity index (χ4n) is 2.67. The lowest BCUT2D eigenvalue weighted by Gasteiger charge is -2.32. The van der Waals surface area contributed by atoms with Gasteiger partial charge in [-0.25, -0.2) is 4.98 Å². The van der Waals surface area contributed by atoms with Crippen LogP contribution in [-0.2, 0) is 15.9 Å². The van der Waals surface area contributed by atoms with Gasteiger partial charge < -0.3 is 19.6 Å². The number of aromatic nitrogens is 2. The van der Waals surface area contributed by atoms with E-state index >= 15 is 0 Å². The van der Waals surface area contributed by atoms with Gasteiger partial charge in [0, 0.05) is 0 Å². The first-order valence-electron chi connectivity index (χ1n) is 9.37. The van der Waals surface area contributed by atoms with Crippen LogP contribution in [0.15, 0.2) is 18.2 Å². The first kappa shape index (κ1) is 20.0. The largest absolute Gasteiger partial charge is 0.494 e. The molecule has 0 aliphatic carbocycles. The summed E-state index contributed by atoms with van der Waals surface area (Å²) in [5, 5.41) is 3.36. The fraction of sp³-hybridized carbons (Fsp3) is 0.632. The quantitative estimate of drug-likeness (QED) is 0.644. The number of fused-ring (bicyclic) bond motifs is 1. The van der Waals surface area contributed by atoms with E-state index < -0.39 is 0 Å². The van der Waals surface area contributed by atoms with Gasteiger partial charge in [0.25, 0.3) is 0 Å². The first-order valence-corrected chi connectivity index (χ1v) is 9.37. The minimum atomic E-state index is -0.339. The molecule has 138 valence electrons. The van der Waals surface area contributed by atoms with Crippen molar-refractivity contribution in [1.29, 1.82) is 0 Å². The van der Waals surface area contributed by atoms with Crippen LogP contribution >= 0.6 is 0 Å². The van der Waals surface area contributed by atoms with E-state index in [2.05, 4.69) is 56.0 Å². The molecule has 2 heterocycles. The zero-order valence-corrected chi connectivity index (χ0v) is 16.7. The van der Waals surface area contributed by atoms with Gasteiger partial charge in [0.2, 0.25) is 0 Å². The summed E-state index contributed by atoms with van der Waals surface area (Å²) >= 11 is 0. The van der Waals surface area contributed by atoms with Crippen molar-refractivity contribution in [3.05, 3.63) is 24.0 Å². The van der Waals surface area contributed by atoms with E-state index in [0.29, 0.717) is 0 Å². The number of imidazole rings is 1. The molecule has 2 aromatic rings. The monoisotopic (exact) mass is 345 g/mol. The molecule has 1 aliphatic heterocycles. The standard InChI is InChI=1S/C17H26BN3O2.C2H6/c1-6-9-19-11-15-20-13-8-7-12(10-14(13)21-15)18-22-16(2,3)17(4,5)23-18;1-2/h7-8,10,19H,6,9,11H2,1-5H3,(H,20,21);1-2H3. The normalized spacial score (nSPS) is 18.3. The SMILES string of the molecule is CC.CCCNCc1nc2ccc(B3OC(C)(C)C(C)(C)O3)cc2[nH]1. The highest BCUT2D eigenvalue weighted by Gasteiger charge is 2.51. The molecule has 0 atom stereocenters. The van der Waals surface area contributed by atoms with Crippen molar-refractivity contribution in [3.63, 3.8) is 0 Å². The van der Waals surface area contributed by atoms with Gasteiger partial charge >= 0.3 is 7.12 Å². The zero-order valence-electron chi connectivity index (χ0n) is 16.7. The Balaban J connectivity index is 0.00000109. The molecule has 2 N–H and O–H groups in total. The smallest absolute Gasteiger partial charge is 0.399 e. The van der Waals surface area contributed by atoms with Crippen LogP contribution in [0.4, 0.5) is 0 Å². The average molecular weight is 345 g/mol. The van der Waals surface area contributed by atoms with Crippen LogP contribution in [0.3, 0.4) is 0 Å². The molecule has 25 heavy (non-hydrogen) atoms.